The van der Waals surface area contributed by atoms with E-state index in [0.717, 1.165) is 0 Å². The molecule has 0 unspecified atom stereocenters. The van der Waals surface area contributed by atoms with Crippen molar-refractivity contribution in [1.29, 1.82) is 0 Å². The first-order valence-corrected chi connectivity index (χ1v) is 6.70. The number of hydrogen-bond acceptors (Lipinski definition) is 5. The van der Waals surface area contributed by atoms with Crippen LogP contribution in [0.15, 0.2) is 12.1 Å². The lowest BCUT2D eigenvalue weighted by molar-refractivity contribution is -0.0380. The van der Waals surface area contributed by atoms with Crippen LogP contribution >= 0.6 is 0 Å². The van der Waals surface area contributed by atoms with Gasteiger partial charge < -0.3 is 23.8 Å². The van der Waals surface area contributed by atoms with Crippen LogP contribution in [0.1, 0.15) is 24.2 Å². The summed E-state index contributed by atoms with van der Waals surface area (Å²) in [5.74, 6) is 1.25. The zero-order chi connectivity index (χ0) is 15.6. The highest BCUT2D eigenvalue weighted by atomic mass is 16.5. The number of nitrogens with zero attached hydrogens (tertiary/aromatic N) is 1. The third kappa shape index (κ3) is 2.76. The molecule has 1 saturated heterocycles. The van der Waals surface area contributed by atoms with Crippen molar-refractivity contribution >= 4 is 5.91 Å². The van der Waals surface area contributed by atoms with Gasteiger partial charge in [0.15, 0.2) is 11.5 Å². The summed E-state index contributed by atoms with van der Waals surface area (Å²) >= 11 is 0. The Balaban J connectivity index is 2.42. The van der Waals surface area contributed by atoms with Crippen LogP contribution in [-0.2, 0) is 4.74 Å². The van der Waals surface area contributed by atoms with E-state index in [4.69, 9.17) is 18.9 Å². The normalized spacial score (nSPS) is 16.7. The monoisotopic (exact) mass is 295 g/mol. The predicted molar refractivity (Wildman–Crippen MR) is 77.2 cm³/mol. The molecule has 6 nitrogen and oxygen atoms in total. The summed E-state index contributed by atoms with van der Waals surface area (Å²) in [4.78, 5) is 14.4. The Morgan fingerprint density at radius 3 is 2.10 bits per heavy atom. The van der Waals surface area contributed by atoms with Crippen molar-refractivity contribution in [2.75, 3.05) is 34.5 Å². The Morgan fingerprint density at radius 1 is 1.14 bits per heavy atom. The van der Waals surface area contributed by atoms with Crippen LogP contribution < -0.4 is 14.2 Å². The summed E-state index contributed by atoms with van der Waals surface area (Å²) in [6, 6.07) is 3.30. The molecule has 6 heteroatoms. The molecule has 0 bridgehead atoms. The fourth-order valence-electron chi connectivity index (χ4n) is 2.44. The molecular formula is C15H21NO5. The number of carbonyl (C=O) groups is 1. The number of methoxy groups -OCH3 is 3. The Kier molecular flexibility index (Phi) is 4.27. The first kappa shape index (κ1) is 15.4. The fraction of sp³-hybridized carbons (Fsp3) is 0.533. The van der Waals surface area contributed by atoms with Crippen molar-refractivity contribution in [3.8, 4) is 17.2 Å². The van der Waals surface area contributed by atoms with Gasteiger partial charge in [0.25, 0.3) is 5.91 Å². The van der Waals surface area contributed by atoms with Crippen molar-refractivity contribution in [1.82, 2.24) is 4.90 Å². The zero-order valence-electron chi connectivity index (χ0n) is 13.1. The molecule has 2 rings (SSSR count). The highest BCUT2D eigenvalue weighted by Crippen LogP contribution is 2.39. The largest absolute Gasteiger partial charge is 0.493 e. The van der Waals surface area contributed by atoms with Crippen molar-refractivity contribution < 1.29 is 23.7 Å². The van der Waals surface area contributed by atoms with Crippen molar-refractivity contribution in [3.63, 3.8) is 0 Å². The Hall–Kier alpha value is -1.95. The van der Waals surface area contributed by atoms with Gasteiger partial charge in [-0.1, -0.05) is 0 Å². The summed E-state index contributed by atoms with van der Waals surface area (Å²) in [5, 5.41) is 0. The standard InChI is InChI=1S/C15H21NO5/c1-15(2)16(6-7-21-15)14(17)10-8-11(18-3)13(20-5)12(9-10)19-4/h8-9H,6-7H2,1-5H3. The average molecular weight is 295 g/mol. The predicted octanol–water partition coefficient (Wildman–Crippen LogP) is 1.92. The molecule has 0 radical (unpaired) electrons. The number of hydrogen-bond donors (Lipinski definition) is 0. The number of rotatable bonds is 4. The Bertz CT molecular complexity index is 516. The molecule has 21 heavy (non-hydrogen) atoms. The van der Waals surface area contributed by atoms with Crippen LogP contribution in [0.2, 0.25) is 0 Å². The van der Waals surface area contributed by atoms with E-state index in [0.29, 0.717) is 36.0 Å². The van der Waals surface area contributed by atoms with Gasteiger partial charge in [0.05, 0.1) is 27.9 Å². The summed E-state index contributed by atoms with van der Waals surface area (Å²) in [6.07, 6.45) is 0. The maximum absolute atomic E-state index is 12.7. The molecule has 1 amide bonds. The number of carbonyl (C=O) groups excluding carboxylic acids is 1. The molecule has 0 saturated carbocycles. The van der Waals surface area contributed by atoms with Crippen LogP contribution in [0.25, 0.3) is 0 Å². The van der Waals surface area contributed by atoms with E-state index in [9.17, 15) is 4.79 Å². The average Bonchev–Trinajstić information content (AvgIpc) is 2.84. The fourth-order valence-corrected chi connectivity index (χ4v) is 2.44. The molecule has 116 valence electrons. The van der Waals surface area contributed by atoms with Gasteiger partial charge in [0, 0.05) is 12.1 Å². The zero-order valence-corrected chi connectivity index (χ0v) is 13.1. The van der Waals surface area contributed by atoms with Gasteiger partial charge in [-0.05, 0) is 26.0 Å². The minimum absolute atomic E-state index is 0.128. The van der Waals surface area contributed by atoms with E-state index in [1.54, 1.807) is 17.0 Å². The first-order valence-electron chi connectivity index (χ1n) is 6.70. The van der Waals surface area contributed by atoms with E-state index in [1.807, 2.05) is 13.8 Å². The minimum atomic E-state index is -0.614. The molecule has 1 fully saturated rings. The molecule has 0 N–H and O–H groups in total. The lowest BCUT2D eigenvalue weighted by Crippen LogP contribution is -2.43. The van der Waals surface area contributed by atoms with Gasteiger partial charge in [0.1, 0.15) is 5.72 Å². The third-order valence-corrected chi connectivity index (χ3v) is 3.58. The smallest absolute Gasteiger partial charge is 0.256 e. The highest BCUT2D eigenvalue weighted by molar-refractivity contribution is 5.96. The summed E-state index contributed by atoms with van der Waals surface area (Å²) in [7, 11) is 4.57. The van der Waals surface area contributed by atoms with Gasteiger partial charge >= 0.3 is 0 Å². The summed E-state index contributed by atoms with van der Waals surface area (Å²) < 4.78 is 21.4. The van der Waals surface area contributed by atoms with E-state index in [-0.39, 0.29) is 5.91 Å². The van der Waals surface area contributed by atoms with Crippen LogP contribution in [0.3, 0.4) is 0 Å². The molecule has 1 heterocycles. The minimum Gasteiger partial charge on any atom is -0.493 e. The van der Waals surface area contributed by atoms with E-state index in [2.05, 4.69) is 0 Å². The molecular weight excluding hydrogens is 274 g/mol. The second-order valence-corrected chi connectivity index (χ2v) is 5.17. The molecule has 1 aliphatic heterocycles. The van der Waals surface area contributed by atoms with Crippen LogP contribution in [0, 0.1) is 0 Å². The van der Waals surface area contributed by atoms with Crippen LogP contribution in [-0.4, -0.2) is 51.0 Å². The third-order valence-electron chi connectivity index (χ3n) is 3.58. The van der Waals surface area contributed by atoms with Gasteiger partial charge in [-0.3, -0.25) is 4.79 Å². The van der Waals surface area contributed by atoms with Gasteiger partial charge in [-0.15, -0.1) is 0 Å². The molecule has 1 aliphatic rings. The van der Waals surface area contributed by atoms with Crippen molar-refractivity contribution in [3.05, 3.63) is 17.7 Å². The van der Waals surface area contributed by atoms with Crippen molar-refractivity contribution in [2.45, 2.75) is 19.6 Å². The lowest BCUT2D eigenvalue weighted by atomic mass is 10.1. The Morgan fingerprint density at radius 2 is 1.71 bits per heavy atom. The maximum atomic E-state index is 12.7. The maximum Gasteiger partial charge on any atom is 0.256 e. The first-order chi connectivity index (χ1) is 9.94. The summed E-state index contributed by atoms with van der Waals surface area (Å²) in [5.41, 5.74) is -0.139. The van der Waals surface area contributed by atoms with Crippen LogP contribution in [0.4, 0.5) is 0 Å². The quantitative estimate of drug-likeness (QED) is 0.849. The van der Waals surface area contributed by atoms with Gasteiger partial charge in [-0.25, -0.2) is 0 Å². The van der Waals surface area contributed by atoms with Crippen molar-refractivity contribution in [2.24, 2.45) is 0 Å². The highest BCUT2D eigenvalue weighted by Gasteiger charge is 2.37. The second-order valence-electron chi connectivity index (χ2n) is 5.17. The van der Waals surface area contributed by atoms with Gasteiger partial charge in [-0.2, -0.15) is 0 Å². The molecule has 1 aromatic carbocycles. The van der Waals surface area contributed by atoms with E-state index < -0.39 is 5.72 Å². The SMILES string of the molecule is COc1cc(C(=O)N2CCOC2(C)C)cc(OC)c1OC. The molecule has 0 aromatic heterocycles. The Labute approximate surface area is 124 Å². The molecule has 1 aromatic rings. The number of ether oxygens (including phenoxy) is 4. The lowest BCUT2D eigenvalue weighted by Gasteiger charge is -2.30. The molecule has 0 aliphatic carbocycles. The van der Waals surface area contributed by atoms with E-state index >= 15 is 0 Å². The molecule has 0 spiro atoms. The van der Waals surface area contributed by atoms with Gasteiger partial charge in [0.2, 0.25) is 5.75 Å². The second kappa shape index (κ2) is 5.81. The molecule has 0 atom stereocenters. The number of benzene rings is 1. The topological polar surface area (TPSA) is 57.2 Å². The number of amides is 1. The van der Waals surface area contributed by atoms with Crippen LogP contribution in [0.5, 0.6) is 17.2 Å². The van der Waals surface area contributed by atoms with E-state index in [1.165, 1.54) is 21.3 Å². The summed E-state index contributed by atoms with van der Waals surface area (Å²) in [6.45, 7) is 4.83.